The Balaban J connectivity index is 1.24. The molecule has 0 radical (unpaired) electrons. The molecule has 0 aliphatic carbocycles. The summed E-state index contributed by atoms with van der Waals surface area (Å²) in [6.45, 7) is 5.94. The summed E-state index contributed by atoms with van der Waals surface area (Å²) in [4.78, 5) is 2.58. The van der Waals surface area contributed by atoms with E-state index in [0.29, 0.717) is 18.9 Å². The highest BCUT2D eigenvalue weighted by Crippen LogP contribution is 2.32. The molecule has 0 bridgehead atoms. The third-order valence-electron chi connectivity index (χ3n) is 5.33. The van der Waals surface area contributed by atoms with Crippen LogP contribution in [-0.2, 0) is 6.42 Å². The quantitative estimate of drug-likeness (QED) is 0.875. The van der Waals surface area contributed by atoms with Crippen molar-refractivity contribution < 1.29 is 9.47 Å². The summed E-state index contributed by atoms with van der Waals surface area (Å²) in [7, 11) is 0. The van der Waals surface area contributed by atoms with E-state index in [4.69, 9.17) is 9.47 Å². The average molecular weight is 338 g/mol. The van der Waals surface area contributed by atoms with Crippen LogP contribution >= 0.6 is 0 Å². The summed E-state index contributed by atoms with van der Waals surface area (Å²) < 4.78 is 10.8. The minimum absolute atomic E-state index is 0.342. The summed E-state index contributed by atoms with van der Waals surface area (Å²) in [6.07, 6.45) is 2.24. The lowest BCUT2D eigenvalue weighted by molar-refractivity contribution is 0.174. The van der Waals surface area contributed by atoms with Crippen molar-refractivity contribution in [3.05, 3.63) is 59.7 Å². The van der Waals surface area contributed by atoms with Crippen LogP contribution in [0.5, 0.6) is 11.5 Å². The summed E-state index contributed by atoms with van der Waals surface area (Å²) in [6, 6.07) is 18.1. The van der Waals surface area contributed by atoms with Gasteiger partial charge in [0.1, 0.15) is 0 Å². The second kappa shape index (κ2) is 7.46. The molecule has 0 unspecified atom stereocenters. The molecule has 0 aromatic heterocycles. The van der Waals surface area contributed by atoms with E-state index in [1.807, 2.05) is 6.07 Å². The molecule has 1 saturated heterocycles. The highest BCUT2D eigenvalue weighted by molar-refractivity contribution is 5.44. The molecule has 2 aliphatic heterocycles. The molecule has 2 aliphatic rings. The smallest absolute Gasteiger partial charge is 0.231 e. The van der Waals surface area contributed by atoms with Gasteiger partial charge in [-0.1, -0.05) is 36.4 Å². The Kier molecular flexibility index (Phi) is 4.90. The number of nitrogens with zero attached hydrogens (tertiary/aromatic N) is 1. The first kappa shape index (κ1) is 16.4. The fourth-order valence-corrected chi connectivity index (χ4v) is 3.77. The van der Waals surface area contributed by atoms with Crippen LogP contribution in [0.4, 0.5) is 0 Å². The molecule has 132 valence electrons. The fraction of sp³-hybridized carbons (Fsp3) is 0.429. The number of ether oxygens (including phenoxy) is 2. The van der Waals surface area contributed by atoms with Crippen LogP contribution in [0.1, 0.15) is 30.5 Å². The Labute approximate surface area is 149 Å². The van der Waals surface area contributed by atoms with Crippen molar-refractivity contribution in [2.24, 2.45) is 0 Å². The Morgan fingerprint density at radius 2 is 1.96 bits per heavy atom. The predicted octanol–water partition coefficient (Wildman–Crippen LogP) is 3.38. The lowest BCUT2D eigenvalue weighted by atomic mass is 10.1. The van der Waals surface area contributed by atoms with E-state index in [-0.39, 0.29) is 0 Å². The number of rotatable bonds is 6. The number of likely N-dealkylation sites (tertiary alicyclic amines) is 1. The molecule has 2 aromatic carbocycles. The molecular weight excluding hydrogens is 312 g/mol. The average Bonchev–Trinajstić information content (AvgIpc) is 3.31. The minimum atomic E-state index is 0.342. The van der Waals surface area contributed by atoms with Gasteiger partial charge in [0.05, 0.1) is 0 Å². The third kappa shape index (κ3) is 3.80. The Morgan fingerprint density at radius 1 is 1.12 bits per heavy atom. The maximum Gasteiger partial charge on any atom is 0.231 e. The van der Waals surface area contributed by atoms with Crippen LogP contribution in [0.3, 0.4) is 0 Å². The van der Waals surface area contributed by atoms with Crippen LogP contribution in [0.2, 0.25) is 0 Å². The van der Waals surface area contributed by atoms with Gasteiger partial charge in [-0.25, -0.2) is 0 Å². The second-order valence-electron chi connectivity index (χ2n) is 6.96. The minimum Gasteiger partial charge on any atom is -0.454 e. The summed E-state index contributed by atoms with van der Waals surface area (Å²) in [5, 5.41) is 3.72. The molecular formula is C21H26N2O2. The van der Waals surface area contributed by atoms with Crippen LogP contribution < -0.4 is 14.8 Å². The predicted molar refractivity (Wildman–Crippen MR) is 99.1 cm³/mol. The van der Waals surface area contributed by atoms with Crippen molar-refractivity contribution in [1.82, 2.24) is 10.2 Å². The van der Waals surface area contributed by atoms with Gasteiger partial charge in [0, 0.05) is 25.2 Å². The molecule has 4 heteroatoms. The van der Waals surface area contributed by atoms with Crippen molar-refractivity contribution in [3.8, 4) is 11.5 Å². The molecule has 4 nitrogen and oxygen atoms in total. The van der Waals surface area contributed by atoms with Crippen LogP contribution in [-0.4, -0.2) is 37.4 Å². The maximum atomic E-state index is 5.45. The summed E-state index contributed by atoms with van der Waals surface area (Å²) >= 11 is 0. The SMILES string of the molecule is C[C@@H](c1ccccc1)N1CC[C@H](NCCc2ccc3c(c2)OCO3)C1. The lowest BCUT2D eigenvalue weighted by Crippen LogP contribution is -2.34. The van der Waals surface area contributed by atoms with Gasteiger partial charge in [0.25, 0.3) is 0 Å². The van der Waals surface area contributed by atoms with Gasteiger partial charge in [-0.15, -0.1) is 0 Å². The number of nitrogens with one attached hydrogen (secondary N) is 1. The Hall–Kier alpha value is -2.04. The summed E-state index contributed by atoms with van der Waals surface area (Å²) in [5.74, 6) is 1.74. The molecule has 0 spiro atoms. The molecule has 2 aromatic rings. The Bertz CT molecular complexity index is 704. The van der Waals surface area contributed by atoms with Gasteiger partial charge in [-0.05, 0) is 49.6 Å². The van der Waals surface area contributed by atoms with Gasteiger partial charge >= 0.3 is 0 Å². The van der Waals surface area contributed by atoms with Crippen molar-refractivity contribution >= 4 is 0 Å². The largest absolute Gasteiger partial charge is 0.454 e. The highest BCUT2D eigenvalue weighted by Gasteiger charge is 2.26. The van der Waals surface area contributed by atoms with Crippen LogP contribution in [0.25, 0.3) is 0 Å². The van der Waals surface area contributed by atoms with Crippen molar-refractivity contribution in [2.45, 2.75) is 31.8 Å². The van der Waals surface area contributed by atoms with Gasteiger partial charge in [0.15, 0.2) is 11.5 Å². The highest BCUT2D eigenvalue weighted by atomic mass is 16.7. The zero-order valence-electron chi connectivity index (χ0n) is 14.8. The van der Waals surface area contributed by atoms with E-state index in [2.05, 4.69) is 59.6 Å². The third-order valence-corrected chi connectivity index (χ3v) is 5.33. The number of hydrogen-bond donors (Lipinski definition) is 1. The normalized spacial score (nSPS) is 20.8. The molecule has 2 heterocycles. The standard InChI is InChI=1S/C21H26N2O2/c1-16(18-5-3-2-4-6-18)23-12-10-19(14-23)22-11-9-17-7-8-20-21(13-17)25-15-24-20/h2-8,13,16,19,22H,9-12,14-15H2,1H3/t16-,19-/m0/s1. The topological polar surface area (TPSA) is 33.7 Å². The molecule has 4 rings (SSSR count). The second-order valence-corrected chi connectivity index (χ2v) is 6.96. The van der Waals surface area contributed by atoms with Gasteiger partial charge in [0.2, 0.25) is 6.79 Å². The number of hydrogen-bond acceptors (Lipinski definition) is 4. The van der Waals surface area contributed by atoms with E-state index in [9.17, 15) is 0 Å². The lowest BCUT2D eigenvalue weighted by Gasteiger charge is -2.25. The van der Waals surface area contributed by atoms with E-state index in [1.54, 1.807) is 0 Å². The first-order chi connectivity index (χ1) is 12.3. The zero-order valence-corrected chi connectivity index (χ0v) is 14.8. The molecule has 25 heavy (non-hydrogen) atoms. The van der Waals surface area contributed by atoms with Crippen molar-refractivity contribution in [2.75, 3.05) is 26.4 Å². The van der Waals surface area contributed by atoms with E-state index in [1.165, 1.54) is 17.5 Å². The maximum absolute atomic E-state index is 5.45. The van der Waals surface area contributed by atoms with E-state index >= 15 is 0 Å². The first-order valence-electron chi connectivity index (χ1n) is 9.20. The number of benzene rings is 2. The first-order valence-corrected chi connectivity index (χ1v) is 9.20. The van der Waals surface area contributed by atoms with E-state index in [0.717, 1.165) is 37.6 Å². The monoisotopic (exact) mass is 338 g/mol. The fourth-order valence-electron chi connectivity index (χ4n) is 3.77. The van der Waals surface area contributed by atoms with Crippen LogP contribution in [0, 0.1) is 0 Å². The van der Waals surface area contributed by atoms with Crippen LogP contribution in [0.15, 0.2) is 48.5 Å². The molecule has 0 saturated carbocycles. The number of fused-ring (bicyclic) bond motifs is 1. The Morgan fingerprint density at radius 3 is 2.84 bits per heavy atom. The zero-order chi connectivity index (χ0) is 17.1. The van der Waals surface area contributed by atoms with Crippen molar-refractivity contribution in [1.29, 1.82) is 0 Å². The molecule has 0 amide bonds. The van der Waals surface area contributed by atoms with Gasteiger partial charge in [-0.3, -0.25) is 4.90 Å². The van der Waals surface area contributed by atoms with E-state index < -0.39 is 0 Å². The molecule has 1 N–H and O–H groups in total. The summed E-state index contributed by atoms with van der Waals surface area (Å²) in [5.41, 5.74) is 2.70. The van der Waals surface area contributed by atoms with Gasteiger partial charge in [-0.2, -0.15) is 0 Å². The van der Waals surface area contributed by atoms with Gasteiger partial charge < -0.3 is 14.8 Å². The van der Waals surface area contributed by atoms with Crippen molar-refractivity contribution in [3.63, 3.8) is 0 Å². The molecule has 1 fully saturated rings. The molecule has 2 atom stereocenters.